The zero-order valence-electron chi connectivity index (χ0n) is 13.3. The van der Waals surface area contributed by atoms with E-state index in [4.69, 9.17) is 4.74 Å². The van der Waals surface area contributed by atoms with Gasteiger partial charge in [-0.15, -0.1) is 0 Å². The molecule has 0 unspecified atom stereocenters. The number of ether oxygens (including phenoxy) is 1. The molecule has 0 amide bonds. The summed E-state index contributed by atoms with van der Waals surface area (Å²) in [7, 11) is 1.65. The molecule has 7 heteroatoms. The summed E-state index contributed by atoms with van der Waals surface area (Å²) in [5.41, 5.74) is 1.70. The van der Waals surface area contributed by atoms with Gasteiger partial charge in [-0.1, -0.05) is 12.1 Å². The van der Waals surface area contributed by atoms with E-state index >= 15 is 0 Å². The molecule has 2 heterocycles. The third-order valence-electron chi connectivity index (χ3n) is 3.39. The molecule has 24 heavy (non-hydrogen) atoms. The van der Waals surface area contributed by atoms with Gasteiger partial charge in [-0.2, -0.15) is 4.37 Å². The maximum absolute atomic E-state index is 13.4. The zero-order chi connectivity index (χ0) is 16.9. The topological polar surface area (TPSA) is 38.2 Å². The fourth-order valence-corrected chi connectivity index (χ4v) is 3.59. The Balaban J connectivity index is 1.82. The lowest BCUT2D eigenvalue weighted by atomic mass is 10.2. The van der Waals surface area contributed by atoms with Gasteiger partial charge in [-0.3, -0.25) is 4.31 Å². The number of aryl methyl sites for hydroxylation is 1. The van der Waals surface area contributed by atoms with E-state index in [2.05, 4.69) is 9.36 Å². The first kappa shape index (κ1) is 16.7. The first-order valence-electron chi connectivity index (χ1n) is 7.26. The molecule has 0 saturated carbocycles. The van der Waals surface area contributed by atoms with Crippen LogP contribution in [0.1, 0.15) is 11.1 Å². The normalized spacial score (nSPS) is 10.6. The predicted octanol–water partition coefficient (Wildman–Crippen LogP) is 4.71. The van der Waals surface area contributed by atoms with Crippen LogP contribution in [0.25, 0.3) is 0 Å². The van der Waals surface area contributed by atoms with Gasteiger partial charge in [0.15, 0.2) is 5.82 Å². The number of halogens is 1. The lowest BCUT2D eigenvalue weighted by molar-refractivity contribution is 0.414. The average Bonchev–Trinajstić information content (AvgIpc) is 3.13. The second-order valence-electron chi connectivity index (χ2n) is 5.11. The van der Waals surface area contributed by atoms with Crippen LogP contribution in [0.5, 0.6) is 5.75 Å². The van der Waals surface area contributed by atoms with Crippen molar-refractivity contribution in [3.63, 3.8) is 0 Å². The summed E-state index contributed by atoms with van der Waals surface area (Å²) in [6, 6.07) is 11.6. The highest BCUT2D eigenvalue weighted by Gasteiger charge is 2.13. The first-order valence-corrected chi connectivity index (χ1v) is 8.87. The van der Waals surface area contributed by atoms with Crippen molar-refractivity contribution in [2.24, 2.45) is 0 Å². The number of methoxy groups -OCH3 is 1. The summed E-state index contributed by atoms with van der Waals surface area (Å²) in [6.45, 7) is 2.38. The summed E-state index contributed by atoms with van der Waals surface area (Å²) >= 11 is 2.84. The van der Waals surface area contributed by atoms with Gasteiger partial charge >= 0.3 is 0 Å². The molecule has 0 radical (unpaired) electrons. The molecule has 0 saturated heterocycles. The molecule has 3 aromatic rings. The van der Waals surface area contributed by atoms with Gasteiger partial charge in [0.2, 0.25) is 0 Å². The standard InChI is InChI=1S/C17H16FN3OS2/c1-12-9-17(19-10-15(12)18)24-21(16-7-8-23-20-16)11-13-3-5-14(22-2)6-4-13/h3-10H,11H2,1-2H3. The number of benzene rings is 1. The molecule has 0 bridgehead atoms. The Morgan fingerprint density at radius 2 is 2.04 bits per heavy atom. The van der Waals surface area contributed by atoms with Crippen LogP contribution in [0.15, 0.2) is 53.0 Å². The van der Waals surface area contributed by atoms with E-state index in [9.17, 15) is 4.39 Å². The van der Waals surface area contributed by atoms with Crippen molar-refractivity contribution in [1.82, 2.24) is 9.36 Å². The average molecular weight is 361 g/mol. The highest BCUT2D eigenvalue weighted by atomic mass is 32.2. The second-order valence-corrected chi connectivity index (χ2v) is 6.81. The summed E-state index contributed by atoms with van der Waals surface area (Å²) in [5.74, 6) is 1.38. The van der Waals surface area contributed by atoms with Gasteiger partial charge < -0.3 is 4.74 Å². The number of hydrogen-bond donors (Lipinski definition) is 0. The Morgan fingerprint density at radius 3 is 2.67 bits per heavy atom. The van der Waals surface area contributed by atoms with E-state index in [0.717, 1.165) is 22.2 Å². The van der Waals surface area contributed by atoms with E-state index in [1.165, 1.54) is 29.7 Å². The van der Waals surface area contributed by atoms with Crippen LogP contribution in [0, 0.1) is 12.7 Å². The number of anilines is 1. The predicted molar refractivity (Wildman–Crippen MR) is 96.1 cm³/mol. The molecule has 3 rings (SSSR count). The molecular formula is C17H16FN3OS2. The molecule has 4 nitrogen and oxygen atoms in total. The number of rotatable bonds is 6. The van der Waals surface area contributed by atoms with Gasteiger partial charge in [-0.25, -0.2) is 9.37 Å². The van der Waals surface area contributed by atoms with Crippen LogP contribution in [0.3, 0.4) is 0 Å². The van der Waals surface area contributed by atoms with E-state index in [1.807, 2.05) is 40.0 Å². The van der Waals surface area contributed by atoms with Crippen molar-refractivity contribution in [3.8, 4) is 5.75 Å². The SMILES string of the molecule is COc1ccc(CN(Sc2cc(C)c(F)cn2)c2ccsn2)cc1. The Morgan fingerprint density at radius 1 is 1.25 bits per heavy atom. The second kappa shape index (κ2) is 7.63. The van der Waals surface area contributed by atoms with Gasteiger partial charge in [-0.05, 0) is 53.8 Å². The van der Waals surface area contributed by atoms with Crippen LogP contribution in [0.4, 0.5) is 10.2 Å². The minimum absolute atomic E-state index is 0.297. The number of aromatic nitrogens is 2. The maximum atomic E-state index is 13.4. The molecule has 0 aliphatic carbocycles. The molecular weight excluding hydrogens is 345 g/mol. The lowest BCUT2D eigenvalue weighted by Gasteiger charge is -2.20. The van der Waals surface area contributed by atoms with Crippen molar-refractivity contribution in [3.05, 3.63) is 64.9 Å². The van der Waals surface area contributed by atoms with Crippen LogP contribution in [-0.2, 0) is 6.54 Å². The fourth-order valence-electron chi connectivity index (χ4n) is 2.07. The maximum Gasteiger partial charge on any atom is 0.152 e. The fraction of sp³-hybridized carbons (Fsp3) is 0.176. The highest BCUT2D eigenvalue weighted by molar-refractivity contribution is 8.00. The van der Waals surface area contributed by atoms with E-state index in [0.29, 0.717) is 12.1 Å². The monoisotopic (exact) mass is 361 g/mol. The molecule has 0 atom stereocenters. The molecule has 2 aromatic heterocycles. The van der Waals surface area contributed by atoms with E-state index in [-0.39, 0.29) is 5.82 Å². The van der Waals surface area contributed by atoms with Crippen molar-refractivity contribution in [1.29, 1.82) is 0 Å². The molecule has 1 aromatic carbocycles. The van der Waals surface area contributed by atoms with E-state index < -0.39 is 0 Å². The van der Waals surface area contributed by atoms with Gasteiger partial charge in [0.25, 0.3) is 0 Å². The molecule has 124 valence electrons. The van der Waals surface area contributed by atoms with Gasteiger partial charge in [0, 0.05) is 17.3 Å². The zero-order valence-corrected chi connectivity index (χ0v) is 14.9. The van der Waals surface area contributed by atoms with Crippen LogP contribution in [0.2, 0.25) is 0 Å². The number of pyridine rings is 1. The minimum atomic E-state index is -0.297. The molecule has 0 fully saturated rings. The highest BCUT2D eigenvalue weighted by Crippen LogP contribution is 2.30. The number of hydrogen-bond acceptors (Lipinski definition) is 6. The largest absolute Gasteiger partial charge is 0.497 e. The molecule has 0 aliphatic heterocycles. The third-order valence-corrected chi connectivity index (χ3v) is 4.89. The van der Waals surface area contributed by atoms with Crippen molar-refractivity contribution in [2.75, 3.05) is 11.4 Å². The molecule has 0 aliphatic rings. The van der Waals surface area contributed by atoms with Crippen LogP contribution >= 0.6 is 23.5 Å². The third kappa shape index (κ3) is 4.04. The Kier molecular flexibility index (Phi) is 5.32. The summed E-state index contributed by atoms with van der Waals surface area (Å²) in [4.78, 5) is 4.16. The lowest BCUT2D eigenvalue weighted by Crippen LogP contribution is -2.14. The molecule has 0 spiro atoms. The first-order chi connectivity index (χ1) is 11.7. The van der Waals surface area contributed by atoms with Crippen molar-refractivity contribution in [2.45, 2.75) is 18.5 Å². The van der Waals surface area contributed by atoms with Gasteiger partial charge in [0.1, 0.15) is 16.6 Å². The summed E-state index contributed by atoms with van der Waals surface area (Å²) in [6.07, 6.45) is 1.25. The quantitative estimate of drug-likeness (QED) is 0.595. The van der Waals surface area contributed by atoms with Crippen molar-refractivity contribution >= 4 is 29.3 Å². The molecule has 0 N–H and O–H groups in total. The summed E-state index contributed by atoms with van der Waals surface area (Å²) < 4.78 is 25.1. The Hall–Kier alpha value is -2.12. The number of nitrogens with zero attached hydrogens (tertiary/aromatic N) is 3. The van der Waals surface area contributed by atoms with Gasteiger partial charge in [0.05, 0.1) is 19.9 Å². The summed E-state index contributed by atoms with van der Waals surface area (Å²) in [5, 5.41) is 2.66. The van der Waals surface area contributed by atoms with Crippen LogP contribution in [-0.4, -0.2) is 16.5 Å². The van der Waals surface area contributed by atoms with Crippen LogP contribution < -0.4 is 9.04 Å². The van der Waals surface area contributed by atoms with Crippen molar-refractivity contribution < 1.29 is 9.13 Å². The minimum Gasteiger partial charge on any atom is -0.497 e. The Bertz CT molecular complexity index is 794. The Labute approximate surface area is 148 Å². The smallest absolute Gasteiger partial charge is 0.152 e. The van der Waals surface area contributed by atoms with E-state index in [1.54, 1.807) is 20.1 Å².